The normalized spacial score (nSPS) is 12.1. The zero-order chi connectivity index (χ0) is 13.7. The van der Waals surface area contributed by atoms with E-state index in [9.17, 15) is 4.79 Å². The van der Waals surface area contributed by atoms with Crippen LogP contribution in [0.15, 0.2) is 42.7 Å². The number of rotatable bonds is 5. The zero-order valence-corrected chi connectivity index (χ0v) is 11.2. The molecule has 0 saturated heterocycles. The number of nitrogens with zero attached hydrogens (tertiary/aromatic N) is 2. The molecule has 2 rings (SSSR count). The molecule has 2 aromatic rings. The highest BCUT2D eigenvalue weighted by molar-refractivity contribution is 5.71. The molecule has 0 amide bonds. The third-order valence-corrected chi connectivity index (χ3v) is 2.85. The van der Waals surface area contributed by atoms with E-state index in [2.05, 4.69) is 5.10 Å². The van der Waals surface area contributed by atoms with Crippen molar-refractivity contribution in [2.24, 2.45) is 5.92 Å². The highest BCUT2D eigenvalue weighted by Crippen LogP contribution is 2.07. The summed E-state index contributed by atoms with van der Waals surface area (Å²) in [6.45, 7) is 4.69. The molecule has 1 heterocycles. The largest absolute Gasteiger partial charge is 0.461 e. The van der Waals surface area contributed by atoms with Gasteiger partial charge in [0.25, 0.3) is 0 Å². The van der Waals surface area contributed by atoms with Crippen LogP contribution in [-0.2, 0) is 22.7 Å². The maximum Gasteiger partial charge on any atom is 0.310 e. The second-order valence-electron chi connectivity index (χ2n) is 4.73. The molecule has 19 heavy (non-hydrogen) atoms. The van der Waals surface area contributed by atoms with E-state index in [1.165, 1.54) is 0 Å². The Hall–Kier alpha value is -2.10. The molecule has 4 heteroatoms. The number of carbonyl (C=O) groups is 1. The van der Waals surface area contributed by atoms with Gasteiger partial charge in [-0.2, -0.15) is 5.10 Å². The van der Waals surface area contributed by atoms with Crippen LogP contribution in [0.5, 0.6) is 0 Å². The van der Waals surface area contributed by atoms with Crippen molar-refractivity contribution in [1.29, 1.82) is 0 Å². The summed E-state index contributed by atoms with van der Waals surface area (Å²) in [5.41, 5.74) is 2.09. The molecule has 0 aliphatic heterocycles. The van der Waals surface area contributed by atoms with Gasteiger partial charge in [-0.3, -0.25) is 9.48 Å². The summed E-state index contributed by atoms with van der Waals surface area (Å²) in [5.74, 6) is -0.403. The molecule has 0 aliphatic carbocycles. The number of hydrogen-bond donors (Lipinski definition) is 0. The Morgan fingerprint density at radius 2 is 2.11 bits per heavy atom. The van der Waals surface area contributed by atoms with E-state index in [4.69, 9.17) is 4.74 Å². The van der Waals surface area contributed by atoms with Gasteiger partial charge >= 0.3 is 5.97 Å². The quantitative estimate of drug-likeness (QED) is 0.774. The van der Waals surface area contributed by atoms with Gasteiger partial charge in [-0.05, 0) is 18.1 Å². The highest BCUT2D eigenvalue weighted by Gasteiger charge is 2.15. The van der Waals surface area contributed by atoms with Crippen molar-refractivity contribution in [2.75, 3.05) is 0 Å². The van der Waals surface area contributed by atoms with Gasteiger partial charge in [-0.15, -0.1) is 0 Å². The second-order valence-corrected chi connectivity index (χ2v) is 4.73. The Balaban J connectivity index is 1.82. The fourth-order valence-electron chi connectivity index (χ4n) is 1.79. The summed E-state index contributed by atoms with van der Waals surface area (Å²) < 4.78 is 7.06. The van der Waals surface area contributed by atoms with Crippen molar-refractivity contribution in [3.05, 3.63) is 53.9 Å². The smallest absolute Gasteiger partial charge is 0.310 e. The first kappa shape index (κ1) is 13.3. The lowest BCUT2D eigenvalue weighted by Crippen LogP contribution is -2.20. The minimum Gasteiger partial charge on any atom is -0.461 e. The Labute approximate surface area is 113 Å². The monoisotopic (exact) mass is 258 g/mol. The molecule has 1 aromatic heterocycles. The highest BCUT2D eigenvalue weighted by atomic mass is 16.5. The lowest BCUT2D eigenvalue weighted by Gasteiger charge is -2.11. The topological polar surface area (TPSA) is 44.1 Å². The van der Waals surface area contributed by atoms with Crippen molar-refractivity contribution >= 4 is 5.97 Å². The summed E-state index contributed by atoms with van der Waals surface area (Å²) in [7, 11) is 0. The lowest BCUT2D eigenvalue weighted by molar-refractivity contribution is -0.149. The SMILES string of the molecule is Cc1cnn(CC(C)C(=O)OCc2ccccc2)c1. The van der Waals surface area contributed by atoms with Gasteiger partial charge in [0.1, 0.15) is 6.61 Å². The minimum absolute atomic E-state index is 0.197. The van der Waals surface area contributed by atoms with Crippen molar-refractivity contribution in [2.45, 2.75) is 27.0 Å². The first-order chi connectivity index (χ1) is 9.15. The maximum atomic E-state index is 11.9. The molecule has 1 atom stereocenters. The molecule has 0 fully saturated rings. The Bertz CT molecular complexity index is 534. The number of aryl methyl sites for hydroxylation is 1. The Morgan fingerprint density at radius 3 is 2.74 bits per heavy atom. The van der Waals surface area contributed by atoms with Crippen molar-refractivity contribution in [1.82, 2.24) is 9.78 Å². The van der Waals surface area contributed by atoms with Crippen LogP contribution in [0.1, 0.15) is 18.1 Å². The Kier molecular flexibility index (Phi) is 4.34. The molecular weight excluding hydrogens is 240 g/mol. The first-order valence-corrected chi connectivity index (χ1v) is 6.35. The van der Waals surface area contributed by atoms with Crippen LogP contribution in [0.25, 0.3) is 0 Å². The lowest BCUT2D eigenvalue weighted by atomic mass is 10.2. The number of benzene rings is 1. The Morgan fingerprint density at radius 1 is 1.37 bits per heavy atom. The van der Waals surface area contributed by atoms with Gasteiger partial charge in [-0.1, -0.05) is 37.3 Å². The van der Waals surface area contributed by atoms with Crippen molar-refractivity contribution in [3.8, 4) is 0 Å². The van der Waals surface area contributed by atoms with E-state index in [0.29, 0.717) is 13.2 Å². The van der Waals surface area contributed by atoms with E-state index >= 15 is 0 Å². The van der Waals surface area contributed by atoms with Gasteiger partial charge in [0.15, 0.2) is 0 Å². The fourth-order valence-corrected chi connectivity index (χ4v) is 1.79. The van der Waals surface area contributed by atoms with E-state index in [1.807, 2.05) is 50.4 Å². The number of hydrogen-bond acceptors (Lipinski definition) is 3. The molecular formula is C15H18N2O2. The van der Waals surface area contributed by atoms with E-state index in [0.717, 1.165) is 11.1 Å². The molecule has 100 valence electrons. The van der Waals surface area contributed by atoms with Gasteiger partial charge in [0.2, 0.25) is 0 Å². The number of ether oxygens (including phenoxy) is 1. The summed E-state index contributed by atoms with van der Waals surface area (Å²) in [6, 6.07) is 9.68. The minimum atomic E-state index is -0.206. The summed E-state index contributed by atoms with van der Waals surface area (Å²) >= 11 is 0. The number of esters is 1. The van der Waals surface area contributed by atoms with Gasteiger partial charge < -0.3 is 4.74 Å². The van der Waals surface area contributed by atoms with Crippen molar-refractivity contribution in [3.63, 3.8) is 0 Å². The molecule has 0 N–H and O–H groups in total. The third-order valence-electron chi connectivity index (χ3n) is 2.85. The summed E-state index contributed by atoms with van der Waals surface area (Å²) in [4.78, 5) is 11.9. The second kappa shape index (κ2) is 6.18. The van der Waals surface area contributed by atoms with Crippen molar-refractivity contribution < 1.29 is 9.53 Å². The van der Waals surface area contributed by atoms with Crippen LogP contribution in [0, 0.1) is 12.8 Å². The van der Waals surface area contributed by atoms with E-state index in [-0.39, 0.29) is 11.9 Å². The van der Waals surface area contributed by atoms with Gasteiger partial charge in [0.05, 0.1) is 18.7 Å². The van der Waals surface area contributed by atoms with Crippen LogP contribution < -0.4 is 0 Å². The van der Waals surface area contributed by atoms with E-state index in [1.54, 1.807) is 10.9 Å². The number of aromatic nitrogens is 2. The van der Waals surface area contributed by atoms with Crippen LogP contribution in [0.3, 0.4) is 0 Å². The predicted molar refractivity (Wildman–Crippen MR) is 72.4 cm³/mol. The predicted octanol–water partition coefficient (Wildman–Crippen LogP) is 2.57. The average Bonchev–Trinajstić information content (AvgIpc) is 2.82. The van der Waals surface area contributed by atoms with E-state index < -0.39 is 0 Å². The summed E-state index contributed by atoms with van der Waals surface area (Å²) in [5, 5.41) is 4.17. The molecule has 0 aliphatic rings. The third kappa shape index (κ3) is 3.95. The van der Waals surface area contributed by atoms with Crippen LogP contribution in [0.2, 0.25) is 0 Å². The first-order valence-electron chi connectivity index (χ1n) is 6.35. The van der Waals surface area contributed by atoms with Gasteiger partial charge in [0, 0.05) is 6.20 Å². The fraction of sp³-hybridized carbons (Fsp3) is 0.333. The molecule has 0 spiro atoms. The molecule has 4 nitrogen and oxygen atoms in total. The summed E-state index contributed by atoms with van der Waals surface area (Å²) in [6.07, 6.45) is 3.70. The molecule has 0 bridgehead atoms. The maximum absolute atomic E-state index is 11.9. The number of carbonyl (C=O) groups excluding carboxylic acids is 1. The zero-order valence-electron chi connectivity index (χ0n) is 11.2. The molecule has 0 radical (unpaired) electrons. The standard InChI is InChI=1S/C15H18N2O2/c1-12-8-16-17(9-12)10-13(2)15(18)19-11-14-6-4-3-5-7-14/h3-9,13H,10-11H2,1-2H3. The average molecular weight is 258 g/mol. The van der Waals surface area contributed by atoms with Crippen LogP contribution in [0.4, 0.5) is 0 Å². The van der Waals surface area contributed by atoms with Crippen LogP contribution >= 0.6 is 0 Å². The molecule has 1 aromatic carbocycles. The van der Waals surface area contributed by atoms with Crippen LogP contribution in [-0.4, -0.2) is 15.7 Å². The molecule has 0 saturated carbocycles. The van der Waals surface area contributed by atoms with Gasteiger partial charge in [-0.25, -0.2) is 0 Å². The molecule has 1 unspecified atom stereocenters.